The van der Waals surface area contributed by atoms with Crippen LogP contribution in [0.4, 0.5) is 4.79 Å². The summed E-state index contributed by atoms with van der Waals surface area (Å²) in [7, 11) is 0. The van der Waals surface area contributed by atoms with Crippen LogP contribution in [0, 0.1) is 0 Å². The molecule has 0 saturated carbocycles. The summed E-state index contributed by atoms with van der Waals surface area (Å²) in [6.45, 7) is 4.70. The molecule has 1 saturated heterocycles. The average molecular weight is 531 g/mol. The summed E-state index contributed by atoms with van der Waals surface area (Å²) in [5.41, 5.74) is 1.57. The number of halogens is 3. The maximum atomic E-state index is 12.4. The zero-order valence-electron chi connectivity index (χ0n) is 16.2. The SMILES string of the molecule is CCOc1cc(/C=C2/SC(=O)N(CC)C2=O)c(Br)cc1OCc1ccc(Cl)c(Cl)c1. The van der Waals surface area contributed by atoms with Crippen molar-refractivity contribution in [1.82, 2.24) is 4.90 Å². The Morgan fingerprint density at radius 1 is 1.07 bits per heavy atom. The number of likely N-dealkylation sites (N-methyl/N-ethyl adjacent to an activating group) is 1. The van der Waals surface area contributed by atoms with Crippen LogP contribution < -0.4 is 9.47 Å². The molecule has 1 aliphatic heterocycles. The molecule has 0 spiro atoms. The van der Waals surface area contributed by atoms with Crippen LogP contribution in [-0.4, -0.2) is 29.2 Å². The average Bonchev–Trinajstić information content (AvgIpc) is 2.98. The highest BCUT2D eigenvalue weighted by molar-refractivity contribution is 9.10. The van der Waals surface area contributed by atoms with Crippen molar-refractivity contribution < 1.29 is 19.1 Å². The van der Waals surface area contributed by atoms with Gasteiger partial charge in [-0.25, -0.2) is 0 Å². The molecule has 158 valence electrons. The third kappa shape index (κ3) is 5.14. The van der Waals surface area contributed by atoms with Gasteiger partial charge in [0.2, 0.25) is 0 Å². The molecule has 5 nitrogen and oxygen atoms in total. The quantitative estimate of drug-likeness (QED) is 0.369. The Hall–Kier alpha value is -1.67. The number of rotatable bonds is 7. The Balaban J connectivity index is 1.87. The molecule has 30 heavy (non-hydrogen) atoms. The van der Waals surface area contributed by atoms with Gasteiger partial charge in [0, 0.05) is 11.0 Å². The van der Waals surface area contributed by atoms with Crippen LogP contribution in [0.15, 0.2) is 39.7 Å². The number of benzene rings is 2. The summed E-state index contributed by atoms with van der Waals surface area (Å²) in [6.07, 6.45) is 1.68. The molecule has 1 aliphatic rings. The predicted octanol–water partition coefficient (Wildman–Crippen LogP) is 6.79. The lowest BCUT2D eigenvalue weighted by Gasteiger charge is -2.14. The topological polar surface area (TPSA) is 55.8 Å². The van der Waals surface area contributed by atoms with Gasteiger partial charge in [-0.3, -0.25) is 14.5 Å². The molecule has 1 fully saturated rings. The fourth-order valence-electron chi connectivity index (χ4n) is 2.75. The van der Waals surface area contributed by atoms with E-state index >= 15 is 0 Å². The summed E-state index contributed by atoms with van der Waals surface area (Å²) in [6, 6.07) is 8.85. The molecule has 0 aromatic heterocycles. The molecule has 0 N–H and O–H groups in total. The second-order valence-electron chi connectivity index (χ2n) is 6.22. The van der Waals surface area contributed by atoms with Crippen molar-refractivity contribution in [2.75, 3.05) is 13.2 Å². The van der Waals surface area contributed by atoms with Gasteiger partial charge < -0.3 is 9.47 Å². The van der Waals surface area contributed by atoms with E-state index in [1.165, 1.54) is 4.90 Å². The van der Waals surface area contributed by atoms with Crippen molar-refractivity contribution in [3.8, 4) is 11.5 Å². The zero-order valence-corrected chi connectivity index (χ0v) is 20.1. The Labute approximate surface area is 197 Å². The Morgan fingerprint density at radius 2 is 1.80 bits per heavy atom. The molecule has 2 aromatic rings. The van der Waals surface area contributed by atoms with E-state index in [1.807, 2.05) is 13.0 Å². The molecular formula is C21H18BrCl2NO4S. The van der Waals surface area contributed by atoms with E-state index in [0.717, 1.165) is 17.3 Å². The maximum Gasteiger partial charge on any atom is 0.293 e. The molecule has 3 rings (SSSR count). The van der Waals surface area contributed by atoms with Crippen molar-refractivity contribution in [3.05, 3.63) is 60.9 Å². The van der Waals surface area contributed by atoms with Crippen LogP contribution in [0.3, 0.4) is 0 Å². The fraction of sp³-hybridized carbons (Fsp3) is 0.238. The van der Waals surface area contributed by atoms with Gasteiger partial charge in [0.1, 0.15) is 6.61 Å². The van der Waals surface area contributed by atoms with Gasteiger partial charge in [-0.05, 0) is 67.1 Å². The first kappa shape index (κ1) is 23.0. The normalized spacial score (nSPS) is 15.2. The molecular weight excluding hydrogens is 513 g/mol. The van der Waals surface area contributed by atoms with E-state index < -0.39 is 0 Å². The van der Waals surface area contributed by atoms with E-state index in [0.29, 0.717) is 49.6 Å². The first-order valence-electron chi connectivity index (χ1n) is 9.12. The lowest BCUT2D eigenvalue weighted by Crippen LogP contribution is -2.27. The lowest BCUT2D eigenvalue weighted by molar-refractivity contribution is -0.122. The number of amides is 2. The van der Waals surface area contributed by atoms with Crippen LogP contribution in [0.1, 0.15) is 25.0 Å². The Kier molecular flexibility index (Phi) is 7.74. The van der Waals surface area contributed by atoms with Crippen LogP contribution in [0.25, 0.3) is 6.08 Å². The maximum absolute atomic E-state index is 12.4. The van der Waals surface area contributed by atoms with E-state index in [1.54, 1.807) is 37.3 Å². The van der Waals surface area contributed by atoms with E-state index in [9.17, 15) is 9.59 Å². The molecule has 9 heteroatoms. The van der Waals surface area contributed by atoms with Crippen molar-refractivity contribution in [2.45, 2.75) is 20.5 Å². The number of carbonyl (C=O) groups excluding carboxylic acids is 2. The lowest BCUT2D eigenvalue weighted by atomic mass is 10.1. The van der Waals surface area contributed by atoms with Gasteiger partial charge in [0.25, 0.3) is 11.1 Å². The molecule has 0 bridgehead atoms. The summed E-state index contributed by atoms with van der Waals surface area (Å²) in [4.78, 5) is 25.9. The second kappa shape index (κ2) is 10.1. The van der Waals surface area contributed by atoms with E-state index in [4.69, 9.17) is 32.7 Å². The van der Waals surface area contributed by atoms with E-state index in [2.05, 4.69) is 15.9 Å². The van der Waals surface area contributed by atoms with Crippen molar-refractivity contribution >= 4 is 68.1 Å². The van der Waals surface area contributed by atoms with Crippen molar-refractivity contribution in [2.24, 2.45) is 0 Å². The van der Waals surface area contributed by atoms with Gasteiger partial charge in [0.05, 0.1) is 21.6 Å². The highest BCUT2D eigenvalue weighted by Gasteiger charge is 2.33. The van der Waals surface area contributed by atoms with E-state index in [-0.39, 0.29) is 17.8 Å². The first-order chi connectivity index (χ1) is 14.3. The zero-order chi connectivity index (χ0) is 21.8. The van der Waals surface area contributed by atoms with Gasteiger partial charge in [-0.15, -0.1) is 0 Å². The molecule has 0 unspecified atom stereocenters. The number of ether oxygens (including phenoxy) is 2. The minimum atomic E-state index is -0.294. The minimum Gasteiger partial charge on any atom is -0.490 e. The van der Waals surface area contributed by atoms with Crippen LogP contribution >= 0.6 is 50.9 Å². The number of thioether (sulfide) groups is 1. The molecule has 1 heterocycles. The largest absolute Gasteiger partial charge is 0.490 e. The number of nitrogens with zero attached hydrogens (tertiary/aromatic N) is 1. The van der Waals surface area contributed by atoms with Crippen molar-refractivity contribution in [1.29, 1.82) is 0 Å². The molecule has 2 aromatic carbocycles. The van der Waals surface area contributed by atoms with Crippen LogP contribution in [-0.2, 0) is 11.4 Å². The predicted molar refractivity (Wildman–Crippen MR) is 124 cm³/mol. The highest BCUT2D eigenvalue weighted by atomic mass is 79.9. The second-order valence-corrected chi connectivity index (χ2v) is 8.88. The molecule has 0 radical (unpaired) electrons. The minimum absolute atomic E-state index is 0.267. The monoisotopic (exact) mass is 529 g/mol. The van der Waals surface area contributed by atoms with Gasteiger partial charge in [0.15, 0.2) is 11.5 Å². The smallest absolute Gasteiger partial charge is 0.293 e. The van der Waals surface area contributed by atoms with Crippen molar-refractivity contribution in [3.63, 3.8) is 0 Å². The summed E-state index contributed by atoms with van der Waals surface area (Å²) in [5.74, 6) is 0.771. The van der Waals surface area contributed by atoms with Gasteiger partial charge in [-0.2, -0.15) is 0 Å². The number of hydrogen-bond acceptors (Lipinski definition) is 5. The third-order valence-corrected chi connectivity index (χ3v) is 6.55. The summed E-state index contributed by atoms with van der Waals surface area (Å²) < 4.78 is 12.4. The summed E-state index contributed by atoms with van der Waals surface area (Å²) in [5, 5.41) is 0.673. The third-order valence-electron chi connectivity index (χ3n) is 4.22. The number of carbonyl (C=O) groups is 2. The van der Waals surface area contributed by atoms with Crippen LogP contribution in [0.2, 0.25) is 10.0 Å². The fourth-order valence-corrected chi connectivity index (χ4v) is 4.40. The molecule has 0 aliphatic carbocycles. The Morgan fingerprint density at radius 3 is 2.43 bits per heavy atom. The first-order valence-corrected chi connectivity index (χ1v) is 11.5. The standard InChI is InChI=1S/C21H18BrCl2NO4S/c1-3-25-20(26)19(30-21(25)27)9-13-8-17(28-4-2)18(10-14(13)22)29-11-12-5-6-15(23)16(24)7-12/h5-10H,3-4,11H2,1-2H3/b19-9+. The summed E-state index contributed by atoms with van der Waals surface area (Å²) >= 11 is 16.5. The van der Waals surface area contributed by atoms with Gasteiger partial charge >= 0.3 is 0 Å². The molecule has 0 atom stereocenters. The molecule has 2 amide bonds. The van der Waals surface area contributed by atoms with Crippen LogP contribution in [0.5, 0.6) is 11.5 Å². The van der Waals surface area contributed by atoms with Gasteiger partial charge in [-0.1, -0.05) is 45.2 Å². The number of imide groups is 1. The highest BCUT2D eigenvalue weighted by Crippen LogP contribution is 2.38. The number of hydrogen-bond donors (Lipinski definition) is 0. The Bertz CT molecular complexity index is 1030.